The van der Waals surface area contributed by atoms with Crippen molar-refractivity contribution >= 4 is 13.4 Å². The van der Waals surface area contributed by atoms with Crippen molar-refractivity contribution in [2.75, 3.05) is 5.09 Å². The van der Waals surface area contributed by atoms with Gasteiger partial charge in [0, 0.05) is 5.69 Å². The van der Waals surface area contributed by atoms with Gasteiger partial charge in [0.05, 0.1) is 0 Å². The van der Waals surface area contributed by atoms with Crippen molar-refractivity contribution in [3.05, 3.63) is 88.5 Å². The highest BCUT2D eigenvalue weighted by Gasteiger charge is 2.31. The third-order valence-electron chi connectivity index (χ3n) is 5.20. The summed E-state index contributed by atoms with van der Waals surface area (Å²) < 4.78 is 26.0. The summed E-state index contributed by atoms with van der Waals surface area (Å²) in [5, 5.41) is 3.08. The zero-order valence-electron chi connectivity index (χ0n) is 17.7. The van der Waals surface area contributed by atoms with E-state index >= 15 is 0 Å². The van der Waals surface area contributed by atoms with Crippen LogP contribution in [0.25, 0.3) is 0 Å². The molecule has 0 heterocycles. The molecule has 0 bridgehead atoms. The monoisotopic (exact) mass is 409 g/mol. The van der Waals surface area contributed by atoms with E-state index in [1.165, 1.54) is 0 Å². The van der Waals surface area contributed by atoms with Gasteiger partial charge in [0.2, 0.25) is 0 Å². The molecule has 0 aliphatic rings. The molecule has 0 aromatic heterocycles. The van der Waals surface area contributed by atoms with Crippen LogP contribution in [0.1, 0.15) is 34.7 Å². The third-order valence-corrected chi connectivity index (χ3v) is 6.59. The quantitative estimate of drug-likeness (QED) is 0.421. The fourth-order valence-corrected chi connectivity index (χ4v) is 4.61. The molecule has 1 N–H and O–H groups in total. The van der Waals surface area contributed by atoms with Crippen LogP contribution in [-0.4, -0.2) is 0 Å². The maximum Gasteiger partial charge on any atom is 0.541 e. The van der Waals surface area contributed by atoms with Crippen LogP contribution < -0.4 is 14.1 Å². The minimum absolute atomic E-state index is 0.542. The van der Waals surface area contributed by atoms with Crippen molar-refractivity contribution in [2.24, 2.45) is 0 Å². The zero-order chi connectivity index (χ0) is 21.0. The predicted octanol–water partition coefficient (Wildman–Crippen LogP) is 7.16. The number of anilines is 1. The van der Waals surface area contributed by atoms with E-state index < -0.39 is 7.75 Å². The van der Waals surface area contributed by atoms with Crippen molar-refractivity contribution in [1.82, 2.24) is 0 Å². The van der Waals surface area contributed by atoms with Gasteiger partial charge in [-0.2, -0.15) is 0 Å². The van der Waals surface area contributed by atoms with E-state index in [4.69, 9.17) is 9.05 Å². The van der Waals surface area contributed by atoms with Gasteiger partial charge in [-0.1, -0.05) is 49.4 Å². The molecule has 0 aliphatic heterocycles. The zero-order valence-corrected chi connectivity index (χ0v) is 18.5. The molecule has 0 fully saturated rings. The first-order chi connectivity index (χ1) is 13.8. The average molecular weight is 409 g/mol. The molecule has 152 valence electrons. The third kappa shape index (κ3) is 4.83. The van der Waals surface area contributed by atoms with Crippen molar-refractivity contribution in [2.45, 2.75) is 41.0 Å². The molecular weight excluding hydrogens is 381 g/mol. The molecule has 3 aromatic rings. The molecule has 0 saturated carbocycles. The maximum absolute atomic E-state index is 14.0. The molecule has 0 saturated heterocycles. The van der Waals surface area contributed by atoms with Crippen molar-refractivity contribution in [1.29, 1.82) is 0 Å². The number of hydrogen-bond donors (Lipinski definition) is 1. The number of nitrogens with one attached hydrogen (secondary N) is 1. The van der Waals surface area contributed by atoms with Gasteiger partial charge >= 0.3 is 7.75 Å². The van der Waals surface area contributed by atoms with Crippen LogP contribution in [0.2, 0.25) is 0 Å². The van der Waals surface area contributed by atoms with E-state index in [1.807, 2.05) is 88.4 Å². The molecule has 0 atom stereocenters. The molecule has 4 nitrogen and oxygen atoms in total. The maximum atomic E-state index is 14.0. The molecule has 0 unspecified atom stereocenters. The first kappa shape index (κ1) is 21.0. The van der Waals surface area contributed by atoms with Crippen LogP contribution in [0.4, 0.5) is 5.69 Å². The van der Waals surface area contributed by atoms with E-state index in [9.17, 15) is 4.57 Å². The van der Waals surface area contributed by atoms with Crippen LogP contribution in [0.5, 0.6) is 11.5 Å². The van der Waals surface area contributed by atoms with Gasteiger partial charge in [-0.15, -0.1) is 0 Å². The summed E-state index contributed by atoms with van der Waals surface area (Å²) in [5.41, 5.74) is 5.78. The second-order valence-electron chi connectivity index (χ2n) is 7.20. The molecule has 29 heavy (non-hydrogen) atoms. The first-order valence-electron chi connectivity index (χ1n) is 9.81. The van der Waals surface area contributed by atoms with E-state index in [0.717, 1.165) is 39.9 Å². The van der Waals surface area contributed by atoms with Crippen LogP contribution in [0, 0.1) is 27.7 Å². The highest BCUT2D eigenvalue weighted by molar-refractivity contribution is 7.56. The van der Waals surface area contributed by atoms with E-state index in [2.05, 4.69) is 12.0 Å². The Kier molecular flexibility index (Phi) is 6.34. The van der Waals surface area contributed by atoms with Crippen molar-refractivity contribution in [3.8, 4) is 11.5 Å². The van der Waals surface area contributed by atoms with Gasteiger partial charge < -0.3 is 9.05 Å². The van der Waals surface area contributed by atoms with Gasteiger partial charge in [-0.05, 0) is 80.1 Å². The van der Waals surface area contributed by atoms with Crippen molar-refractivity contribution < 1.29 is 13.6 Å². The Balaban J connectivity index is 2.03. The largest absolute Gasteiger partial charge is 0.541 e. The standard InChI is InChI=1S/C24H28NO3P/c1-6-21-13-7-8-14-22(21)25-29(26,27-23-15-9-11-17(2)19(23)4)28-24-16-10-12-18(3)20(24)5/h7-16H,6H2,1-5H3,(H,25,26). The molecule has 5 heteroatoms. The van der Waals surface area contributed by atoms with Gasteiger partial charge in [0.25, 0.3) is 0 Å². The van der Waals surface area contributed by atoms with Gasteiger partial charge in [-0.25, -0.2) is 4.57 Å². The van der Waals surface area contributed by atoms with Crippen LogP contribution in [0.3, 0.4) is 0 Å². The molecule has 0 aliphatic carbocycles. The van der Waals surface area contributed by atoms with Crippen LogP contribution in [-0.2, 0) is 11.0 Å². The lowest BCUT2D eigenvalue weighted by molar-refractivity contribution is 0.390. The number of para-hydroxylation sites is 1. The fraction of sp³-hybridized carbons (Fsp3) is 0.250. The Morgan fingerprint density at radius 3 is 1.79 bits per heavy atom. The van der Waals surface area contributed by atoms with Gasteiger partial charge in [0.1, 0.15) is 11.5 Å². The normalized spacial score (nSPS) is 11.2. The Morgan fingerprint density at radius 2 is 1.28 bits per heavy atom. The van der Waals surface area contributed by atoms with Crippen molar-refractivity contribution in [3.63, 3.8) is 0 Å². The Bertz CT molecular complexity index is 1000. The second-order valence-corrected chi connectivity index (χ2v) is 8.78. The molecule has 0 spiro atoms. The van der Waals surface area contributed by atoms with Crippen LogP contribution in [0.15, 0.2) is 60.7 Å². The minimum atomic E-state index is -3.77. The first-order valence-corrected chi connectivity index (χ1v) is 11.3. The van der Waals surface area contributed by atoms with Gasteiger partial charge in [0.15, 0.2) is 0 Å². The highest BCUT2D eigenvalue weighted by Crippen LogP contribution is 2.50. The topological polar surface area (TPSA) is 47.6 Å². The molecule has 0 amide bonds. The lowest BCUT2D eigenvalue weighted by Gasteiger charge is -2.24. The summed E-state index contributed by atoms with van der Waals surface area (Å²) in [6.45, 7) is 9.96. The minimum Gasteiger partial charge on any atom is -0.400 e. The second kappa shape index (κ2) is 8.75. The fourth-order valence-electron chi connectivity index (χ4n) is 3.05. The Labute approximate surface area is 173 Å². The molecule has 3 aromatic carbocycles. The van der Waals surface area contributed by atoms with E-state index in [1.54, 1.807) is 0 Å². The molecular formula is C24H28NO3P. The summed E-state index contributed by atoms with van der Waals surface area (Å²) in [5.74, 6) is 1.08. The summed E-state index contributed by atoms with van der Waals surface area (Å²) in [6.07, 6.45) is 0.802. The summed E-state index contributed by atoms with van der Waals surface area (Å²) in [4.78, 5) is 0. The molecule has 3 rings (SSSR count). The predicted molar refractivity (Wildman–Crippen MR) is 120 cm³/mol. The van der Waals surface area contributed by atoms with Crippen LogP contribution >= 0.6 is 7.75 Å². The number of rotatable bonds is 7. The van der Waals surface area contributed by atoms with E-state index in [-0.39, 0.29) is 0 Å². The lowest BCUT2D eigenvalue weighted by atomic mass is 10.1. The highest BCUT2D eigenvalue weighted by atomic mass is 31.2. The number of aryl methyl sites for hydroxylation is 3. The van der Waals surface area contributed by atoms with E-state index in [0.29, 0.717) is 11.5 Å². The Hall–Kier alpha value is -2.71. The average Bonchev–Trinajstić information content (AvgIpc) is 2.69. The lowest BCUT2D eigenvalue weighted by Crippen LogP contribution is -2.12. The van der Waals surface area contributed by atoms with Gasteiger partial charge in [-0.3, -0.25) is 5.09 Å². The summed E-state index contributed by atoms with van der Waals surface area (Å²) >= 11 is 0. The summed E-state index contributed by atoms with van der Waals surface area (Å²) in [7, 11) is -3.77. The SMILES string of the molecule is CCc1ccccc1NP(=O)(Oc1cccc(C)c1C)Oc1cccc(C)c1C. The smallest absolute Gasteiger partial charge is 0.400 e. The number of benzene rings is 3. The Morgan fingerprint density at radius 1 is 0.759 bits per heavy atom. The molecule has 0 radical (unpaired) electrons. The summed E-state index contributed by atoms with van der Waals surface area (Å²) in [6, 6.07) is 19.2. The number of hydrogen-bond acceptors (Lipinski definition) is 3.